The Morgan fingerprint density at radius 1 is 0.683 bits per heavy atom. The van der Waals surface area contributed by atoms with Crippen LogP contribution in [-0.4, -0.2) is 19.8 Å². The highest BCUT2D eigenvalue weighted by molar-refractivity contribution is 5.88. The molecule has 0 aliphatic carbocycles. The first-order valence-electron chi connectivity index (χ1n) is 14.0. The van der Waals surface area contributed by atoms with Gasteiger partial charge in [-0.3, -0.25) is 0 Å². The maximum absolute atomic E-state index is 12.5. The molecular weight excluding hydrogens is 504 g/mol. The molecule has 0 aliphatic rings. The van der Waals surface area contributed by atoms with Crippen molar-refractivity contribution in [2.75, 3.05) is 0 Å². The summed E-state index contributed by atoms with van der Waals surface area (Å²) in [7, 11) is 0. The van der Waals surface area contributed by atoms with Gasteiger partial charge in [-0.05, 0) is 63.6 Å². The number of phenolic OH excluding ortho intramolecular Hbond substituents is 1. The second kappa shape index (κ2) is 10.4. The van der Waals surface area contributed by atoms with Crippen LogP contribution < -0.4 is 0 Å². The normalized spacial score (nSPS) is 13.4. The Morgan fingerprint density at radius 3 is 1.73 bits per heavy atom. The predicted molar refractivity (Wildman–Crippen MR) is 165 cm³/mol. The van der Waals surface area contributed by atoms with E-state index < -0.39 is 11.1 Å². The lowest BCUT2D eigenvalue weighted by Crippen LogP contribution is -2.37. The van der Waals surface area contributed by atoms with E-state index >= 15 is 0 Å². The molecule has 2 N–H and O–H groups in total. The van der Waals surface area contributed by atoms with Crippen LogP contribution in [0.5, 0.6) is 5.75 Å². The molecule has 0 amide bonds. The lowest BCUT2D eigenvalue weighted by molar-refractivity contribution is 0.0279. The zero-order chi connectivity index (χ0) is 28.6. The van der Waals surface area contributed by atoms with Gasteiger partial charge in [-0.15, -0.1) is 0 Å². The van der Waals surface area contributed by atoms with Gasteiger partial charge in [0.1, 0.15) is 16.9 Å². The number of fused-ring (bicyclic) bond motifs is 1. The van der Waals surface area contributed by atoms with Gasteiger partial charge in [0.15, 0.2) is 0 Å². The van der Waals surface area contributed by atoms with Gasteiger partial charge in [0.2, 0.25) is 0 Å². The fourth-order valence-corrected chi connectivity index (χ4v) is 6.18. The molecule has 1 unspecified atom stereocenters. The predicted octanol–water partition coefficient (Wildman–Crippen LogP) is 7.78. The van der Waals surface area contributed by atoms with Crippen molar-refractivity contribution in [3.05, 3.63) is 167 Å². The summed E-state index contributed by atoms with van der Waals surface area (Å²) in [6.45, 7) is 5.94. The molecule has 4 nitrogen and oxygen atoms in total. The quantitative estimate of drug-likeness (QED) is 0.204. The van der Waals surface area contributed by atoms with E-state index in [0.717, 1.165) is 38.6 Å². The highest BCUT2D eigenvalue weighted by atomic mass is 16.3. The molecule has 41 heavy (non-hydrogen) atoms. The minimum Gasteiger partial charge on any atom is -0.508 e. The van der Waals surface area contributed by atoms with Crippen LogP contribution in [0.15, 0.2) is 134 Å². The third kappa shape index (κ3) is 4.23. The molecule has 5 aromatic carbocycles. The smallest absolute Gasteiger partial charge is 0.135 e. The van der Waals surface area contributed by atoms with E-state index in [1.807, 2.05) is 75.8 Å². The van der Waals surface area contributed by atoms with E-state index in [4.69, 9.17) is 4.98 Å². The first kappa shape index (κ1) is 26.5. The molecule has 0 aliphatic heterocycles. The highest BCUT2D eigenvalue weighted by Gasteiger charge is 2.42. The monoisotopic (exact) mass is 538 g/mol. The van der Waals surface area contributed by atoms with Crippen molar-refractivity contribution in [2.24, 2.45) is 5.92 Å². The fourth-order valence-electron chi connectivity index (χ4n) is 6.18. The molecule has 0 spiro atoms. The topological polar surface area (TPSA) is 58.3 Å². The molecule has 0 saturated heterocycles. The number of benzene rings is 5. The average molecular weight is 539 g/mol. The second-order valence-corrected chi connectivity index (χ2v) is 11.0. The first-order chi connectivity index (χ1) is 19.9. The van der Waals surface area contributed by atoms with Gasteiger partial charge in [-0.25, -0.2) is 4.98 Å². The van der Waals surface area contributed by atoms with Gasteiger partial charge >= 0.3 is 0 Å². The molecule has 0 radical (unpaired) electrons. The van der Waals surface area contributed by atoms with Gasteiger partial charge in [0, 0.05) is 6.20 Å². The van der Waals surface area contributed by atoms with Crippen LogP contribution in [0.4, 0.5) is 0 Å². The Bertz CT molecular complexity index is 1700. The summed E-state index contributed by atoms with van der Waals surface area (Å²) >= 11 is 0. The zero-order valence-corrected chi connectivity index (χ0v) is 23.6. The molecule has 1 atom stereocenters. The van der Waals surface area contributed by atoms with E-state index in [2.05, 4.69) is 77.4 Å². The zero-order valence-electron chi connectivity index (χ0n) is 23.6. The van der Waals surface area contributed by atoms with Crippen LogP contribution in [0, 0.1) is 12.8 Å². The molecular formula is C37H34N2O2. The third-order valence-electron chi connectivity index (χ3n) is 8.47. The molecule has 204 valence electrons. The Kier molecular flexibility index (Phi) is 6.72. The summed E-state index contributed by atoms with van der Waals surface area (Å²) in [5.41, 5.74) is 3.38. The Balaban J connectivity index is 1.59. The van der Waals surface area contributed by atoms with Crippen molar-refractivity contribution in [2.45, 2.75) is 31.9 Å². The number of aliphatic hydroxyl groups is 1. The summed E-state index contributed by atoms with van der Waals surface area (Å²) < 4.78 is 2.14. The minimum atomic E-state index is -1.35. The van der Waals surface area contributed by atoms with E-state index in [1.54, 1.807) is 6.07 Å². The Labute approximate surface area is 241 Å². The van der Waals surface area contributed by atoms with Crippen molar-refractivity contribution in [3.8, 4) is 5.75 Å². The summed E-state index contributed by atoms with van der Waals surface area (Å²) in [6.07, 6.45) is 3.85. The third-order valence-corrected chi connectivity index (χ3v) is 8.47. The fraction of sp³-hybridized carbons (Fsp3) is 0.162. The average Bonchev–Trinajstić information content (AvgIpc) is 3.51. The van der Waals surface area contributed by atoms with Crippen molar-refractivity contribution in [1.82, 2.24) is 9.55 Å². The van der Waals surface area contributed by atoms with Gasteiger partial charge in [0.05, 0.1) is 12.0 Å². The molecule has 6 aromatic rings. The second-order valence-electron chi connectivity index (χ2n) is 11.0. The van der Waals surface area contributed by atoms with Crippen molar-refractivity contribution < 1.29 is 10.2 Å². The molecule has 0 saturated carbocycles. The number of nitrogens with zero attached hydrogens (tertiary/aromatic N) is 2. The number of aryl methyl sites for hydroxylation is 1. The largest absolute Gasteiger partial charge is 0.508 e. The van der Waals surface area contributed by atoms with Gasteiger partial charge < -0.3 is 14.8 Å². The number of rotatable bonds is 7. The van der Waals surface area contributed by atoms with Crippen LogP contribution in [0.3, 0.4) is 0 Å². The molecule has 6 rings (SSSR count). The number of aromatic nitrogens is 2. The summed E-state index contributed by atoms with van der Waals surface area (Å²) in [6, 6.07) is 40.9. The summed E-state index contributed by atoms with van der Waals surface area (Å²) in [4.78, 5) is 4.91. The van der Waals surface area contributed by atoms with Crippen LogP contribution in [0.1, 0.15) is 47.4 Å². The van der Waals surface area contributed by atoms with E-state index in [1.165, 1.54) is 0 Å². The van der Waals surface area contributed by atoms with Crippen LogP contribution >= 0.6 is 0 Å². The summed E-state index contributed by atoms with van der Waals surface area (Å²) in [5, 5.41) is 24.6. The Morgan fingerprint density at radius 2 is 1.22 bits per heavy atom. The first-order valence-corrected chi connectivity index (χ1v) is 14.0. The van der Waals surface area contributed by atoms with Crippen molar-refractivity contribution in [3.63, 3.8) is 0 Å². The van der Waals surface area contributed by atoms with Crippen LogP contribution in [-0.2, 0) is 11.1 Å². The van der Waals surface area contributed by atoms with Crippen molar-refractivity contribution >= 4 is 10.8 Å². The molecule has 4 heteroatoms. The number of imidazole rings is 1. The van der Waals surface area contributed by atoms with E-state index in [9.17, 15) is 10.2 Å². The minimum absolute atomic E-state index is 0.166. The number of phenols is 1. The SMILES string of the molecule is Cc1c(O)ccc2cc(C(O)(c3cn(C(c4ccccc4)(c4ccccc4)c4ccccc4)cn3)C(C)C)ccc12. The van der Waals surface area contributed by atoms with Gasteiger partial charge in [0.25, 0.3) is 0 Å². The van der Waals surface area contributed by atoms with Gasteiger partial charge in [-0.1, -0.05) is 123 Å². The maximum atomic E-state index is 12.5. The lowest BCUT2D eigenvalue weighted by atomic mass is 9.76. The number of hydrogen-bond donors (Lipinski definition) is 2. The summed E-state index contributed by atoms with van der Waals surface area (Å²) in [5.74, 6) is 0.100. The molecule has 1 heterocycles. The molecule has 0 bridgehead atoms. The highest BCUT2D eigenvalue weighted by Crippen LogP contribution is 2.43. The number of hydrogen-bond acceptors (Lipinski definition) is 3. The van der Waals surface area contributed by atoms with E-state index in [0.29, 0.717) is 5.69 Å². The molecule has 0 fully saturated rings. The standard InChI is InChI=1S/C37H34N2O2/c1-26(2)37(41,32-20-21-33-27(3)34(40)22-19-28(33)23-32)35-24-39(25-38-35)36(29-13-7-4-8-14-29,30-15-9-5-10-16-30)31-17-11-6-12-18-31/h4-26,40-41H,1-3H3. The maximum Gasteiger partial charge on any atom is 0.135 e. The lowest BCUT2D eigenvalue weighted by Gasteiger charge is -2.37. The number of aromatic hydroxyl groups is 1. The van der Waals surface area contributed by atoms with Crippen LogP contribution in [0.25, 0.3) is 10.8 Å². The van der Waals surface area contributed by atoms with Crippen LogP contribution in [0.2, 0.25) is 0 Å². The van der Waals surface area contributed by atoms with Gasteiger partial charge in [-0.2, -0.15) is 0 Å². The van der Waals surface area contributed by atoms with E-state index in [-0.39, 0.29) is 11.7 Å². The Hall–Kier alpha value is -4.67. The molecule has 1 aromatic heterocycles. The van der Waals surface area contributed by atoms with Crippen molar-refractivity contribution in [1.29, 1.82) is 0 Å².